The zero-order chi connectivity index (χ0) is 16.9. The van der Waals surface area contributed by atoms with E-state index in [-0.39, 0.29) is 23.9 Å². The Morgan fingerprint density at radius 1 is 1.16 bits per heavy atom. The third-order valence-electron chi connectivity index (χ3n) is 4.14. The Hall–Kier alpha value is -2.19. The zero-order valence-corrected chi connectivity index (χ0v) is 14.8. The third kappa shape index (κ3) is 4.90. The molecule has 0 unspecified atom stereocenters. The molecule has 1 fully saturated rings. The third-order valence-corrected chi connectivity index (χ3v) is 4.14. The lowest BCUT2D eigenvalue weighted by atomic mass is 10.2. The number of carbonyl (C=O) groups is 1. The molecule has 1 aromatic carbocycles. The maximum atomic E-state index is 13.0. The minimum atomic E-state index is -0.478. The Morgan fingerprint density at radius 3 is 2.48 bits per heavy atom. The number of aromatic nitrogens is 3. The van der Waals surface area contributed by atoms with Crippen molar-refractivity contribution in [1.29, 1.82) is 0 Å². The highest BCUT2D eigenvalue weighted by molar-refractivity contribution is 5.86. The van der Waals surface area contributed by atoms with Crippen molar-refractivity contribution in [3.05, 3.63) is 42.0 Å². The van der Waals surface area contributed by atoms with Crippen LogP contribution in [0.25, 0.3) is 0 Å². The molecule has 1 saturated heterocycles. The van der Waals surface area contributed by atoms with Crippen LogP contribution in [-0.4, -0.2) is 65.7 Å². The molecule has 0 atom stereocenters. The molecule has 7 nitrogen and oxygen atoms in total. The first-order valence-corrected chi connectivity index (χ1v) is 7.87. The summed E-state index contributed by atoms with van der Waals surface area (Å²) < 4.78 is 19.2. The van der Waals surface area contributed by atoms with Crippen LogP contribution in [0.1, 0.15) is 10.5 Å². The smallest absolute Gasteiger partial charge is 0.360 e. The molecule has 0 radical (unpaired) electrons. The van der Waals surface area contributed by atoms with Gasteiger partial charge in [-0.25, -0.2) is 9.18 Å². The molecule has 0 saturated carbocycles. The van der Waals surface area contributed by atoms with Gasteiger partial charge in [-0.1, -0.05) is 5.21 Å². The second kappa shape index (κ2) is 8.77. The van der Waals surface area contributed by atoms with Crippen LogP contribution in [0.15, 0.2) is 30.5 Å². The van der Waals surface area contributed by atoms with Crippen molar-refractivity contribution < 1.29 is 13.9 Å². The van der Waals surface area contributed by atoms with E-state index < -0.39 is 5.97 Å². The van der Waals surface area contributed by atoms with Gasteiger partial charge in [0.05, 0.1) is 19.9 Å². The van der Waals surface area contributed by atoms with Crippen molar-refractivity contribution in [3.8, 4) is 0 Å². The summed E-state index contributed by atoms with van der Waals surface area (Å²) in [6.07, 6.45) is 1.60. The highest BCUT2D eigenvalue weighted by atomic mass is 35.5. The predicted octanol–water partition coefficient (Wildman–Crippen LogP) is 1.45. The molecule has 0 spiro atoms. The van der Waals surface area contributed by atoms with E-state index in [0.717, 1.165) is 38.4 Å². The lowest BCUT2D eigenvalue weighted by Crippen LogP contribution is -2.47. The number of rotatable bonds is 5. The Kier molecular flexibility index (Phi) is 6.72. The lowest BCUT2D eigenvalue weighted by Gasteiger charge is -2.36. The number of hydrogen-bond donors (Lipinski definition) is 0. The standard InChI is InChI=1S/C16H20FN5O2.ClH/c1-24-16(23)15-12-22(19-18-15)11-8-20-6-9-21(10-7-20)14-4-2-13(17)3-5-14;/h2-5,12H,6-11H2,1H3;1H. The fraction of sp³-hybridized carbons (Fsp3) is 0.438. The van der Waals surface area contributed by atoms with E-state index >= 15 is 0 Å². The van der Waals surface area contributed by atoms with Crippen LogP contribution < -0.4 is 4.90 Å². The number of methoxy groups -OCH3 is 1. The maximum absolute atomic E-state index is 13.0. The van der Waals surface area contributed by atoms with Crippen LogP contribution in [-0.2, 0) is 11.3 Å². The molecule has 9 heteroatoms. The van der Waals surface area contributed by atoms with Gasteiger partial charge in [0.25, 0.3) is 0 Å². The van der Waals surface area contributed by atoms with Crippen LogP contribution in [0, 0.1) is 5.82 Å². The van der Waals surface area contributed by atoms with Gasteiger partial charge in [-0.15, -0.1) is 17.5 Å². The van der Waals surface area contributed by atoms with Gasteiger partial charge < -0.3 is 9.64 Å². The molecule has 0 N–H and O–H groups in total. The number of nitrogens with zero attached hydrogens (tertiary/aromatic N) is 5. The largest absolute Gasteiger partial charge is 0.464 e. The van der Waals surface area contributed by atoms with Gasteiger partial charge in [0.1, 0.15) is 5.82 Å². The molecule has 2 heterocycles. The van der Waals surface area contributed by atoms with Gasteiger partial charge in [-0.2, -0.15) is 0 Å². The first-order chi connectivity index (χ1) is 11.7. The second-order valence-corrected chi connectivity index (χ2v) is 5.66. The molecule has 25 heavy (non-hydrogen) atoms. The minimum absolute atomic E-state index is 0. The number of hydrogen-bond acceptors (Lipinski definition) is 6. The van der Waals surface area contributed by atoms with Crippen molar-refractivity contribution in [2.75, 3.05) is 44.7 Å². The zero-order valence-electron chi connectivity index (χ0n) is 14.0. The minimum Gasteiger partial charge on any atom is -0.464 e. The van der Waals surface area contributed by atoms with E-state index in [1.807, 2.05) is 12.1 Å². The van der Waals surface area contributed by atoms with Gasteiger partial charge >= 0.3 is 5.97 Å². The number of esters is 1. The number of anilines is 1. The first-order valence-electron chi connectivity index (χ1n) is 7.87. The van der Waals surface area contributed by atoms with Crippen molar-refractivity contribution in [1.82, 2.24) is 19.9 Å². The Balaban J connectivity index is 0.00000225. The lowest BCUT2D eigenvalue weighted by molar-refractivity contribution is 0.0594. The monoisotopic (exact) mass is 369 g/mol. The van der Waals surface area contributed by atoms with E-state index in [0.29, 0.717) is 6.54 Å². The normalized spacial score (nSPS) is 14.9. The SMILES string of the molecule is COC(=O)c1cn(CCN2CCN(c3ccc(F)cc3)CC2)nn1.Cl. The average molecular weight is 370 g/mol. The summed E-state index contributed by atoms with van der Waals surface area (Å²) >= 11 is 0. The van der Waals surface area contributed by atoms with E-state index in [2.05, 4.69) is 24.8 Å². The average Bonchev–Trinajstić information content (AvgIpc) is 3.09. The van der Waals surface area contributed by atoms with Crippen molar-refractivity contribution in [2.45, 2.75) is 6.54 Å². The molecular formula is C16H21ClFN5O2. The quantitative estimate of drug-likeness (QED) is 0.743. The fourth-order valence-corrected chi connectivity index (χ4v) is 2.73. The topological polar surface area (TPSA) is 63.5 Å². The van der Waals surface area contributed by atoms with Gasteiger partial charge in [0.2, 0.25) is 0 Å². The summed E-state index contributed by atoms with van der Waals surface area (Å²) in [6.45, 7) is 5.15. The Bertz CT molecular complexity index is 686. The maximum Gasteiger partial charge on any atom is 0.360 e. The summed E-state index contributed by atoms with van der Waals surface area (Å²) in [7, 11) is 1.32. The number of benzene rings is 1. The molecule has 0 bridgehead atoms. The summed E-state index contributed by atoms with van der Waals surface area (Å²) in [5.74, 6) is -0.689. The molecule has 136 valence electrons. The fourth-order valence-electron chi connectivity index (χ4n) is 2.73. The predicted molar refractivity (Wildman–Crippen MR) is 93.7 cm³/mol. The number of piperazine rings is 1. The van der Waals surface area contributed by atoms with E-state index in [4.69, 9.17) is 0 Å². The van der Waals surface area contributed by atoms with E-state index in [9.17, 15) is 9.18 Å². The van der Waals surface area contributed by atoms with Crippen LogP contribution in [0.2, 0.25) is 0 Å². The highest BCUT2D eigenvalue weighted by Crippen LogP contribution is 2.16. The number of ether oxygens (including phenoxy) is 1. The molecular weight excluding hydrogens is 349 g/mol. The first kappa shape index (κ1) is 19.1. The van der Waals surface area contributed by atoms with Crippen LogP contribution >= 0.6 is 12.4 Å². The summed E-state index contributed by atoms with van der Waals surface area (Å²) in [4.78, 5) is 15.9. The summed E-state index contributed by atoms with van der Waals surface area (Å²) in [6, 6.07) is 6.61. The number of carbonyl (C=O) groups excluding carboxylic acids is 1. The van der Waals surface area contributed by atoms with Gasteiger partial charge in [0.15, 0.2) is 5.69 Å². The van der Waals surface area contributed by atoms with Crippen LogP contribution in [0.5, 0.6) is 0 Å². The van der Waals surface area contributed by atoms with Gasteiger partial charge in [0, 0.05) is 38.4 Å². The van der Waals surface area contributed by atoms with Gasteiger partial charge in [-0.05, 0) is 24.3 Å². The molecule has 1 aromatic heterocycles. The van der Waals surface area contributed by atoms with Crippen molar-refractivity contribution in [3.63, 3.8) is 0 Å². The molecule has 1 aliphatic heterocycles. The van der Waals surface area contributed by atoms with E-state index in [1.165, 1.54) is 19.2 Å². The molecule has 0 amide bonds. The Labute approximate surface area is 151 Å². The highest BCUT2D eigenvalue weighted by Gasteiger charge is 2.17. The number of halogens is 2. The van der Waals surface area contributed by atoms with Crippen molar-refractivity contribution in [2.24, 2.45) is 0 Å². The molecule has 0 aliphatic carbocycles. The van der Waals surface area contributed by atoms with Gasteiger partial charge in [-0.3, -0.25) is 9.58 Å². The molecule has 3 rings (SSSR count). The van der Waals surface area contributed by atoms with Crippen LogP contribution in [0.4, 0.5) is 10.1 Å². The Morgan fingerprint density at radius 2 is 1.84 bits per heavy atom. The summed E-state index contributed by atoms with van der Waals surface area (Å²) in [5, 5.41) is 7.72. The van der Waals surface area contributed by atoms with E-state index in [1.54, 1.807) is 10.9 Å². The van der Waals surface area contributed by atoms with Crippen LogP contribution in [0.3, 0.4) is 0 Å². The molecule has 2 aromatic rings. The second-order valence-electron chi connectivity index (χ2n) is 5.66. The van der Waals surface area contributed by atoms with Crippen molar-refractivity contribution >= 4 is 24.1 Å². The summed E-state index contributed by atoms with van der Waals surface area (Å²) in [5.41, 5.74) is 1.27. The molecule has 1 aliphatic rings.